The lowest BCUT2D eigenvalue weighted by molar-refractivity contribution is -0.121. The summed E-state index contributed by atoms with van der Waals surface area (Å²) in [6.45, 7) is 4.31. The first-order chi connectivity index (χ1) is 12.8. The van der Waals surface area contributed by atoms with Crippen LogP contribution in [-0.2, 0) is 21.9 Å². The van der Waals surface area contributed by atoms with Crippen molar-refractivity contribution in [2.45, 2.75) is 38.6 Å². The van der Waals surface area contributed by atoms with Crippen LogP contribution in [0.15, 0.2) is 36.4 Å². The molecule has 1 amide bonds. The van der Waals surface area contributed by atoms with Crippen LogP contribution >= 0.6 is 0 Å². The van der Waals surface area contributed by atoms with E-state index in [1.165, 1.54) is 0 Å². The summed E-state index contributed by atoms with van der Waals surface area (Å²) in [6, 6.07) is 10.6. The number of nitrogens with zero attached hydrogens (tertiary/aromatic N) is 3. The Labute approximate surface area is 160 Å². The minimum atomic E-state index is -3.59. The molecular formula is C19H26N4O3S. The van der Waals surface area contributed by atoms with E-state index in [0.717, 1.165) is 17.7 Å². The number of nitrogens with one attached hydrogen (secondary N) is 1. The van der Waals surface area contributed by atoms with Gasteiger partial charge in [0, 0.05) is 19.7 Å². The summed E-state index contributed by atoms with van der Waals surface area (Å²) >= 11 is 0. The van der Waals surface area contributed by atoms with Gasteiger partial charge < -0.3 is 0 Å². The predicted octanol–water partition coefficient (Wildman–Crippen LogP) is 1.95. The van der Waals surface area contributed by atoms with Gasteiger partial charge in [-0.05, 0) is 31.2 Å². The molecule has 2 atom stereocenters. The molecule has 1 fully saturated rings. The highest BCUT2D eigenvalue weighted by Crippen LogP contribution is 2.23. The number of carbonyl (C=O) groups is 1. The van der Waals surface area contributed by atoms with Crippen molar-refractivity contribution in [2.24, 2.45) is 7.05 Å². The van der Waals surface area contributed by atoms with E-state index in [9.17, 15) is 13.2 Å². The molecule has 1 N–H and O–H groups in total. The minimum absolute atomic E-state index is 0.0500. The molecule has 0 spiro atoms. The molecule has 8 heteroatoms. The maximum atomic E-state index is 12.9. The van der Waals surface area contributed by atoms with Crippen molar-refractivity contribution < 1.29 is 13.2 Å². The van der Waals surface area contributed by atoms with Crippen LogP contribution < -0.4 is 9.62 Å². The van der Waals surface area contributed by atoms with Gasteiger partial charge in [-0.25, -0.2) is 13.1 Å². The van der Waals surface area contributed by atoms with Gasteiger partial charge in [-0.3, -0.25) is 14.4 Å². The van der Waals surface area contributed by atoms with Crippen molar-refractivity contribution in [1.29, 1.82) is 0 Å². The molecule has 1 aromatic carbocycles. The first kappa shape index (κ1) is 19.6. The third-order valence-corrected chi connectivity index (χ3v) is 6.43. The van der Waals surface area contributed by atoms with Gasteiger partial charge in [0.2, 0.25) is 15.9 Å². The highest BCUT2D eigenvalue weighted by atomic mass is 32.2. The molecule has 1 saturated heterocycles. The molecule has 0 unspecified atom stereocenters. The van der Waals surface area contributed by atoms with E-state index in [1.54, 1.807) is 16.6 Å². The van der Waals surface area contributed by atoms with Gasteiger partial charge in [-0.2, -0.15) is 5.10 Å². The highest BCUT2D eigenvalue weighted by Gasteiger charge is 2.34. The third-order valence-electron chi connectivity index (χ3n) is 4.85. The second-order valence-electron chi connectivity index (χ2n) is 7.16. The van der Waals surface area contributed by atoms with E-state index in [1.807, 2.05) is 50.2 Å². The van der Waals surface area contributed by atoms with E-state index in [2.05, 4.69) is 9.82 Å². The van der Waals surface area contributed by atoms with Crippen LogP contribution in [0.3, 0.4) is 0 Å². The summed E-state index contributed by atoms with van der Waals surface area (Å²) in [4.78, 5) is 14.5. The Kier molecular flexibility index (Phi) is 5.67. The molecule has 3 rings (SSSR count). The van der Waals surface area contributed by atoms with E-state index < -0.39 is 16.1 Å². The maximum absolute atomic E-state index is 12.9. The molecule has 1 aliphatic rings. The fourth-order valence-electron chi connectivity index (χ4n) is 3.53. The van der Waals surface area contributed by atoms with E-state index in [-0.39, 0.29) is 17.6 Å². The number of hydrogen-bond acceptors (Lipinski definition) is 4. The van der Waals surface area contributed by atoms with Gasteiger partial charge in [0.1, 0.15) is 11.9 Å². The van der Waals surface area contributed by atoms with E-state index in [0.29, 0.717) is 18.8 Å². The molecule has 2 heterocycles. The maximum Gasteiger partial charge on any atom is 0.246 e. The standard InChI is InChI=1S/C19H26N4O3S/c1-14(16-8-5-4-6-9-16)13-27(25,26)21-17-10-7-11-23(19(17)24)18-12-15(2)20-22(18)3/h4-6,8-9,12,14,17,21H,7,10-11,13H2,1-3H3/t14-,17-/m0/s1. The lowest BCUT2D eigenvalue weighted by Crippen LogP contribution is -2.53. The Morgan fingerprint density at radius 2 is 2.00 bits per heavy atom. The second-order valence-corrected chi connectivity index (χ2v) is 8.96. The molecule has 0 radical (unpaired) electrons. The number of sulfonamides is 1. The molecule has 0 aliphatic carbocycles. The molecule has 2 aromatic rings. The van der Waals surface area contributed by atoms with Crippen LogP contribution in [0, 0.1) is 6.92 Å². The fraction of sp³-hybridized carbons (Fsp3) is 0.474. The fourth-order valence-corrected chi connectivity index (χ4v) is 5.13. The summed E-state index contributed by atoms with van der Waals surface area (Å²) in [5.74, 6) is 0.267. The zero-order chi connectivity index (χ0) is 19.6. The number of carbonyl (C=O) groups excluding carboxylic acids is 1. The number of rotatable bonds is 6. The van der Waals surface area contributed by atoms with Crippen LogP contribution in [0.4, 0.5) is 5.82 Å². The van der Waals surface area contributed by atoms with Crippen molar-refractivity contribution in [2.75, 3.05) is 17.2 Å². The Hall–Kier alpha value is -2.19. The average Bonchev–Trinajstić information content (AvgIpc) is 2.95. The number of piperidine rings is 1. The summed E-state index contributed by atoms with van der Waals surface area (Å²) in [5, 5.41) is 4.28. The van der Waals surface area contributed by atoms with Gasteiger partial charge in [-0.15, -0.1) is 0 Å². The molecule has 0 bridgehead atoms. The normalized spacial score (nSPS) is 19.3. The van der Waals surface area contributed by atoms with E-state index >= 15 is 0 Å². The molecular weight excluding hydrogens is 364 g/mol. The van der Waals surface area contributed by atoms with Crippen molar-refractivity contribution in [3.8, 4) is 0 Å². The van der Waals surface area contributed by atoms with Crippen LogP contribution in [-0.4, -0.2) is 42.4 Å². The predicted molar refractivity (Wildman–Crippen MR) is 105 cm³/mol. The van der Waals surface area contributed by atoms with Crippen LogP contribution in [0.5, 0.6) is 0 Å². The topological polar surface area (TPSA) is 84.3 Å². The zero-order valence-electron chi connectivity index (χ0n) is 15.9. The van der Waals surface area contributed by atoms with Crippen molar-refractivity contribution in [1.82, 2.24) is 14.5 Å². The lowest BCUT2D eigenvalue weighted by Gasteiger charge is -2.32. The minimum Gasteiger partial charge on any atom is -0.296 e. The third kappa shape index (κ3) is 4.56. The number of aromatic nitrogens is 2. The molecule has 1 aromatic heterocycles. The monoisotopic (exact) mass is 390 g/mol. The lowest BCUT2D eigenvalue weighted by atomic mass is 10.0. The van der Waals surface area contributed by atoms with Crippen LogP contribution in [0.25, 0.3) is 0 Å². The Morgan fingerprint density at radius 3 is 2.63 bits per heavy atom. The molecule has 146 valence electrons. The molecule has 1 aliphatic heterocycles. The van der Waals surface area contributed by atoms with Crippen molar-refractivity contribution >= 4 is 21.7 Å². The van der Waals surface area contributed by atoms with E-state index in [4.69, 9.17) is 0 Å². The van der Waals surface area contributed by atoms with Gasteiger partial charge in [-0.1, -0.05) is 37.3 Å². The number of aryl methyl sites for hydroxylation is 2. The van der Waals surface area contributed by atoms with Crippen molar-refractivity contribution in [3.05, 3.63) is 47.7 Å². The molecule has 7 nitrogen and oxygen atoms in total. The second kappa shape index (κ2) is 7.82. The van der Waals surface area contributed by atoms with Gasteiger partial charge in [0.05, 0.1) is 11.4 Å². The number of amides is 1. The van der Waals surface area contributed by atoms with Gasteiger partial charge in [0.15, 0.2) is 0 Å². The first-order valence-corrected chi connectivity index (χ1v) is 10.8. The van der Waals surface area contributed by atoms with Gasteiger partial charge >= 0.3 is 0 Å². The molecule has 27 heavy (non-hydrogen) atoms. The Balaban J connectivity index is 1.70. The SMILES string of the molecule is Cc1cc(N2CCC[C@H](NS(=O)(=O)C[C@H](C)c3ccccc3)C2=O)n(C)n1. The smallest absolute Gasteiger partial charge is 0.246 e. The highest BCUT2D eigenvalue weighted by molar-refractivity contribution is 7.89. The average molecular weight is 391 g/mol. The largest absolute Gasteiger partial charge is 0.296 e. The van der Waals surface area contributed by atoms with Crippen molar-refractivity contribution in [3.63, 3.8) is 0 Å². The van der Waals surface area contributed by atoms with Crippen LogP contribution in [0.2, 0.25) is 0 Å². The van der Waals surface area contributed by atoms with Gasteiger partial charge in [0.25, 0.3) is 0 Å². The Bertz CT molecular complexity index is 908. The number of hydrogen-bond donors (Lipinski definition) is 1. The zero-order valence-corrected chi connectivity index (χ0v) is 16.7. The quantitative estimate of drug-likeness (QED) is 0.817. The summed E-state index contributed by atoms with van der Waals surface area (Å²) in [6.07, 6.45) is 1.24. The Morgan fingerprint density at radius 1 is 1.30 bits per heavy atom. The summed E-state index contributed by atoms with van der Waals surface area (Å²) in [5.41, 5.74) is 1.78. The number of benzene rings is 1. The summed E-state index contributed by atoms with van der Waals surface area (Å²) < 4.78 is 29.6. The number of anilines is 1. The first-order valence-electron chi connectivity index (χ1n) is 9.14. The van der Waals surface area contributed by atoms with Crippen LogP contribution in [0.1, 0.15) is 36.9 Å². The summed E-state index contributed by atoms with van der Waals surface area (Å²) in [7, 11) is -1.81. The molecule has 0 saturated carbocycles.